The minimum absolute atomic E-state index is 0.222. The number of carbonyl (C=O) groups is 1. The predicted octanol–water partition coefficient (Wildman–Crippen LogP) is 2.83. The summed E-state index contributed by atoms with van der Waals surface area (Å²) in [5.41, 5.74) is 1.49. The highest BCUT2D eigenvalue weighted by Crippen LogP contribution is 2.24. The van der Waals surface area contributed by atoms with E-state index in [0.29, 0.717) is 12.2 Å². The van der Waals surface area contributed by atoms with Crippen molar-refractivity contribution in [2.75, 3.05) is 30.4 Å². The third-order valence-electron chi connectivity index (χ3n) is 3.71. The van der Waals surface area contributed by atoms with Crippen molar-refractivity contribution in [1.82, 2.24) is 4.90 Å². The standard InChI is InChI=1S/C18H22N2O3S2/c1-19(13-15-8-5-4-6-9-15)18(21)14-20(25(3,22)23)16-10-7-11-17(12-16)24-2/h4-12H,13-14H2,1-3H3. The second-order valence-corrected chi connectivity index (χ2v) is 8.49. The molecule has 0 spiro atoms. The van der Waals surface area contributed by atoms with Crippen molar-refractivity contribution in [3.05, 3.63) is 60.2 Å². The molecule has 0 atom stereocenters. The van der Waals surface area contributed by atoms with Crippen LogP contribution < -0.4 is 4.31 Å². The molecule has 0 heterocycles. The molecule has 1 amide bonds. The average Bonchev–Trinajstić information content (AvgIpc) is 2.59. The van der Waals surface area contributed by atoms with Gasteiger partial charge >= 0.3 is 0 Å². The Kier molecular flexibility index (Phi) is 6.50. The summed E-state index contributed by atoms with van der Waals surface area (Å²) in [6.07, 6.45) is 3.03. The van der Waals surface area contributed by atoms with Crippen molar-refractivity contribution >= 4 is 33.4 Å². The number of rotatable bonds is 7. The predicted molar refractivity (Wildman–Crippen MR) is 103 cm³/mol. The molecule has 5 nitrogen and oxygen atoms in total. The summed E-state index contributed by atoms with van der Waals surface area (Å²) in [5.74, 6) is -0.260. The molecule has 2 rings (SSSR count). The van der Waals surface area contributed by atoms with Crippen LogP contribution in [0.15, 0.2) is 59.5 Å². The SMILES string of the molecule is CSc1cccc(N(CC(=O)N(C)Cc2ccccc2)S(C)(=O)=O)c1. The van der Waals surface area contributed by atoms with Crippen molar-refractivity contribution in [3.8, 4) is 0 Å². The number of amides is 1. The number of sulfonamides is 1. The highest BCUT2D eigenvalue weighted by Gasteiger charge is 2.23. The number of hydrogen-bond donors (Lipinski definition) is 0. The first-order valence-corrected chi connectivity index (χ1v) is 10.8. The van der Waals surface area contributed by atoms with Gasteiger partial charge < -0.3 is 4.90 Å². The minimum atomic E-state index is -3.57. The van der Waals surface area contributed by atoms with Crippen LogP contribution in [0.5, 0.6) is 0 Å². The first-order valence-electron chi connectivity index (χ1n) is 7.71. The molecule has 0 radical (unpaired) electrons. The lowest BCUT2D eigenvalue weighted by atomic mass is 10.2. The van der Waals surface area contributed by atoms with Gasteiger partial charge in [-0.3, -0.25) is 9.10 Å². The molecule has 0 saturated carbocycles. The van der Waals surface area contributed by atoms with Crippen LogP contribution in [-0.4, -0.2) is 45.3 Å². The van der Waals surface area contributed by atoms with Crippen molar-refractivity contribution < 1.29 is 13.2 Å². The summed E-state index contributed by atoms with van der Waals surface area (Å²) >= 11 is 1.52. The Morgan fingerprint density at radius 3 is 2.36 bits per heavy atom. The number of anilines is 1. The second kappa shape index (κ2) is 8.40. The zero-order valence-corrected chi connectivity index (χ0v) is 16.2. The van der Waals surface area contributed by atoms with Gasteiger partial charge in [0, 0.05) is 18.5 Å². The highest BCUT2D eigenvalue weighted by molar-refractivity contribution is 7.98. The quantitative estimate of drug-likeness (QED) is 0.695. The van der Waals surface area contributed by atoms with Gasteiger partial charge in [0.2, 0.25) is 15.9 Å². The van der Waals surface area contributed by atoms with E-state index in [0.717, 1.165) is 21.0 Å². The molecular formula is C18H22N2O3S2. The van der Waals surface area contributed by atoms with Gasteiger partial charge in [-0.1, -0.05) is 36.4 Å². The van der Waals surface area contributed by atoms with Crippen molar-refractivity contribution in [2.24, 2.45) is 0 Å². The van der Waals surface area contributed by atoms with E-state index < -0.39 is 10.0 Å². The van der Waals surface area contributed by atoms with E-state index in [1.807, 2.05) is 42.7 Å². The fourth-order valence-corrected chi connectivity index (χ4v) is 3.65. The molecule has 0 aliphatic rings. The number of carbonyl (C=O) groups excluding carboxylic acids is 1. The maximum atomic E-state index is 12.5. The molecule has 0 unspecified atom stereocenters. The lowest BCUT2D eigenvalue weighted by Gasteiger charge is -2.25. The fourth-order valence-electron chi connectivity index (χ4n) is 2.35. The van der Waals surface area contributed by atoms with E-state index in [9.17, 15) is 13.2 Å². The minimum Gasteiger partial charge on any atom is -0.340 e. The Morgan fingerprint density at radius 2 is 1.76 bits per heavy atom. The number of benzene rings is 2. The molecule has 0 aromatic heterocycles. The van der Waals surface area contributed by atoms with Gasteiger partial charge in [-0.15, -0.1) is 11.8 Å². The molecule has 0 aliphatic heterocycles. The summed E-state index contributed by atoms with van der Waals surface area (Å²) < 4.78 is 25.5. The molecule has 2 aromatic carbocycles. The monoisotopic (exact) mass is 378 g/mol. The van der Waals surface area contributed by atoms with Crippen molar-refractivity contribution in [2.45, 2.75) is 11.4 Å². The van der Waals surface area contributed by atoms with Crippen LogP contribution in [0.1, 0.15) is 5.56 Å². The van der Waals surface area contributed by atoms with E-state index in [1.54, 1.807) is 25.2 Å². The van der Waals surface area contributed by atoms with Gasteiger partial charge in [-0.2, -0.15) is 0 Å². The van der Waals surface area contributed by atoms with Crippen LogP contribution in [0.4, 0.5) is 5.69 Å². The molecule has 0 aliphatic carbocycles. The number of hydrogen-bond acceptors (Lipinski definition) is 4. The molecule has 2 aromatic rings. The Bertz CT molecular complexity index is 823. The third kappa shape index (κ3) is 5.51. The van der Waals surface area contributed by atoms with Gasteiger partial charge in [-0.25, -0.2) is 8.42 Å². The average molecular weight is 379 g/mol. The van der Waals surface area contributed by atoms with E-state index in [2.05, 4.69) is 0 Å². The summed E-state index contributed by atoms with van der Waals surface area (Å²) in [6.45, 7) is 0.210. The summed E-state index contributed by atoms with van der Waals surface area (Å²) in [6, 6.07) is 16.8. The van der Waals surface area contributed by atoms with Crippen molar-refractivity contribution in [1.29, 1.82) is 0 Å². The third-order valence-corrected chi connectivity index (χ3v) is 5.57. The molecule has 134 valence electrons. The topological polar surface area (TPSA) is 57.7 Å². The van der Waals surface area contributed by atoms with Crippen molar-refractivity contribution in [3.63, 3.8) is 0 Å². The summed E-state index contributed by atoms with van der Waals surface area (Å²) in [4.78, 5) is 15.0. The largest absolute Gasteiger partial charge is 0.340 e. The van der Waals surface area contributed by atoms with Crippen LogP contribution in [0, 0.1) is 0 Å². The summed E-state index contributed by atoms with van der Waals surface area (Å²) in [7, 11) is -1.89. The molecule has 0 fully saturated rings. The molecule has 0 saturated heterocycles. The lowest BCUT2D eigenvalue weighted by molar-refractivity contribution is -0.128. The maximum absolute atomic E-state index is 12.5. The van der Waals surface area contributed by atoms with E-state index >= 15 is 0 Å². The number of thioether (sulfide) groups is 1. The second-order valence-electron chi connectivity index (χ2n) is 5.71. The zero-order valence-electron chi connectivity index (χ0n) is 14.5. The van der Waals surface area contributed by atoms with Gasteiger partial charge in [0.1, 0.15) is 6.54 Å². The van der Waals surface area contributed by atoms with Crippen LogP contribution in [-0.2, 0) is 21.4 Å². The molecule has 0 bridgehead atoms. The number of nitrogens with zero attached hydrogens (tertiary/aromatic N) is 2. The fraction of sp³-hybridized carbons (Fsp3) is 0.278. The van der Waals surface area contributed by atoms with E-state index in [-0.39, 0.29) is 12.5 Å². The maximum Gasteiger partial charge on any atom is 0.243 e. The van der Waals surface area contributed by atoms with Gasteiger partial charge in [0.25, 0.3) is 0 Å². The number of likely N-dealkylation sites (N-methyl/N-ethyl adjacent to an activating group) is 1. The molecule has 7 heteroatoms. The normalized spacial score (nSPS) is 11.2. The Balaban J connectivity index is 2.18. The molecular weight excluding hydrogens is 356 g/mol. The van der Waals surface area contributed by atoms with Crippen LogP contribution in [0.3, 0.4) is 0 Å². The summed E-state index contributed by atoms with van der Waals surface area (Å²) in [5, 5.41) is 0. The first-order chi connectivity index (χ1) is 11.8. The zero-order chi connectivity index (χ0) is 18.4. The van der Waals surface area contributed by atoms with Gasteiger partial charge in [0.05, 0.1) is 11.9 Å². The smallest absolute Gasteiger partial charge is 0.243 e. The Labute approximate surface area is 153 Å². The molecule has 0 N–H and O–H groups in total. The highest BCUT2D eigenvalue weighted by atomic mass is 32.2. The van der Waals surface area contributed by atoms with Gasteiger partial charge in [-0.05, 0) is 30.0 Å². The van der Waals surface area contributed by atoms with Crippen LogP contribution in [0.25, 0.3) is 0 Å². The Hall–Kier alpha value is -1.99. The first kappa shape index (κ1) is 19.3. The van der Waals surface area contributed by atoms with Crippen LogP contribution >= 0.6 is 11.8 Å². The van der Waals surface area contributed by atoms with Gasteiger partial charge in [0.15, 0.2) is 0 Å². The molecule has 25 heavy (non-hydrogen) atoms. The lowest BCUT2D eigenvalue weighted by Crippen LogP contribution is -2.41. The van der Waals surface area contributed by atoms with E-state index in [4.69, 9.17) is 0 Å². The Morgan fingerprint density at radius 1 is 1.08 bits per heavy atom. The van der Waals surface area contributed by atoms with Crippen LogP contribution in [0.2, 0.25) is 0 Å². The van der Waals surface area contributed by atoms with E-state index in [1.165, 1.54) is 16.7 Å².